The van der Waals surface area contributed by atoms with E-state index in [0.717, 1.165) is 22.7 Å². The predicted molar refractivity (Wildman–Crippen MR) is 84.9 cm³/mol. The highest BCUT2D eigenvalue weighted by molar-refractivity contribution is 5.58. The summed E-state index contributed by atoms with van der Waals surface area (Å²) in [7, 11) is 0. The van der Waals surface area contributed by atoms with Gasteiger partial charge >= 0.3 is 0 Å². The molecule has 2 aromatic carbocycles. The lowest BCUT2D eigenvalue weighted by molar-refractivity contribution is 0.301. The van der Waals surface area contributed by atoms with Crippen LogP contribution in [0.3, 0.4) is 0 Å². The Balaban J connectivity index is 1.75. The Bertz CT molecular complexity index is 726. The average Bonchev–Trinajstić information content (AvgIpc) is 2.54. The zero-order valence-corrected chi connectivity index (χ0v) is 11.6. The second-order valence-corrected chi connectivity index (χ2v) is 4.74. The van der Waals surface area contributed by atoms with Crippen molar-refractivity contribution in [1.82, 2.24) is 4.98 Å². The minimum Gasteiger partial charge on any atom is -0.487 e. The van der Waals surface area contributed by atoms with Crippen molar-refractivity contribution in [3.63, 3.8) is 0 Å². The molecule has 0 spiro atoms. The zero-order chi connectivity index (χ0) is 14.5. The lowest BCUT2D eigenvalue weighted by atomic mass is 10.1. The predicted octanol–water partition coefficient (Wildman–Crippen LogP) is 3.91. The first-order valence-electron chi connectivity index (χ1n) is 6.81. The van der Waals surface area contributed by atoms with Gasteiger partial charge < -0.3 is 10.5 Å². The van der Waals surface area contributed by atoms with Crippen molar-refractivity contribution in [3.05, 3.63) is 78.5 Å². The number of nitrogen functional groups attached to an aromatic ring is 1. The molecule has 3 heteroatoms. The van der Waals surface area contributed by atoms with Gasteiger partial charge in [-0.05, 0) is 24.3 Å². The summed E-state index contributed by atoms with van der Waals surface area (Å²) in [6.07, 6.45) is 0. The first-order valence-corrected chi connectivity index (χ1v) is 6.81. The van der Waals surface area contributed by atoms with Crippen LogP contribution >= 0.6 is 0 Å². The zero-order valence-electron chi connectivity index (χ0n) is 11.6. The number of anilines is 1. The van der Waals surface area contributed by atoms with Crippen LogP contribution in [-0.2, 0) is 6.61 Å². The molecule has 104 valence electrons. The van der Waals surface area contributed by atoms with Gasteiger partial charge in [0.1, 0.15) is 12.4 Å². The van der Waals surface area contributed by atoms with Crippen LogP contribution in [0.15, 0.2) is 72.8 Å². The second-order valence-electron chi connectivity index (χ2n) is 4.74. The molecule has 3 rings (SSSR count). The van der Waals surface area contributed by atoms with Gasteiger partial charge in [0.2, 0.25) is 0 Å². The molecule has 2 N–H and O–H groups in total. The molecule has 0 aliphatic carbocycles. The Morgan fingerprint density at radius 3 is 2.48 bits per heavy atom. The number of nitrogens with two attached hydrogens (primary N) is 1. The number of aromatic nitrogens is 1. The summed E-state index contributed by atoms with van der Waals surface area (Å²) >= 11 is 0. The molecule has 3 nitrogen and oxygen atoms in total. The third kappa shape index (κ3) is 3.39. The van der Waals surface area contributed by atoms with Gasteiger partial charge in [0.15, 0.2) is 0 Å². The van der Waals surface area contributed by atoms with E-state index in [-0.39, 0.29) is 0 Å². The Morgan fingerprint density at radius 2 is 1.67 bits per heavy atom. The van der Waals surface area contributed by atoms with Crippen LogP contribution in [0.1, 0.15) is 5.69 Å². The second kappa shape index (κ2) is 6.09. The Morgan fingerprint density at radius 1 is 0.857 bits per heavy atom. The molecule has 0 aliphatic heterocycles. The number of pyridine rings is 1. The van der Waals surface area contributed by atoms with Crippen LogP contribution in [0.5, 0.6) is 5.75 Å². The molecule has 0 fully saturated rings. The fraction of sp³-hybridized carbons (Fsp3) is 0.0556. The Kier molecular flexibility index (Phi) is 3.83. The standard InChI is InChI=1S/C18H16N2O/c19-15-8-4-10-17(12-15)21-13-16-9-5-11-18(20-16)14-6-2-1-3-7-14/h1-12H,13,19H2. The summed E-state index contributed by atoms with van der Waals surface area (Å²) in [5, 5.41) is 0. The molecular formula is C18H16N2O. The SMILES string of the molecule is Nc1cccc(OCc2cccc(-c3ccccc3)n2)c1. The van der Waals surface area contributed by atoms with Crippen LogP contribution in [0.4, 0.5) is 5.69 Å². The fourth-order valence-electron chi connectivity index (χ4n) is 2.09. The highest BCUT2D eigenvalue weighted by atomic mass is 16.5. The van der Waals surface area contributed by atoms with Gasteiger partial charge in [0.05, 0.1) is 11.4 Å². The lowest BCUT2D eigenvalue weighted by Gasteiger charge is -2.08. The number of ether oxygens (including phenoxy) is 1. The molecule has 0 aliphatic rings. The smallest absolute Gasteiger partial charge is 0.130 e. The van der Waals surface area contributed by atoms with E-state index in [1.807, 2.05) is 66.7 Å². The molecule has 1 heterocycles. The van der Waals surface area contributed by atoms with Crippen molar-refractivity contribution < 1.29 is 4.74 Å². The topological polar surface area (TPSA) is 48.1 Å². The largest absolute Gasteiger partial charge is 0.487 e. The molecule has 0 unspecified atom stereocenters. The van der Waals surface area contributed by atoms with E-state index in [1.165, 1.54) is 0 Å². The monoisotopic (exact) mass is 276 g/mol. The van der Waals surface area contributed by atoms with E-state index in [4.69, 9.17) is 10.5 Å². The van der Waals surface area contributed by atoms with Crippen molar-refractivity contribution in [1.29, 1.82) is 0 Å². The summed E-state index contributed by atoms with van der Waals surface area (Å²) in [6, 6.07) is 23.5. The van der Waals surface area contributed by atoms with E-state index in [9.17, 15) is 0 Å². The summed E-state index contributed by atoms with van der Waals surface area (Å²) in [4.78, 5) is 4.62. The van der Waals surface area contributed by atoms with Crippen molar-refractivity contribution in [2.24, 2.45) is 0 Å². The number of nitrogens with zero attached hydrogens (tertiary/aromatic N) is 1. The molecule has 0 atom stereocenters. The Labute approximate surface area is 124 Å². The highest BCUT2D eigenvalue weighted by Gasteiger charge is 2.02. The summed E-state index contributed by atoms with van der Waals surface area (Å²) in [5.41, 5.74) is 9.36. The van der Waals surface area contributed by atoms with Crippen molar-refractivity contribution >= 4 is 5.69 Å². The molecule has 1 aromatic heterocycles. The van der Waals surface area contributed by atoms with Gasteiger partial charge in [0, 0.05) is 17.3 Å². The molecule has 0 saturated heterocycles. The highest BCUT2D eigenvalue weighted by Crippen LogP contribution is 2.18. The van der Waals surface area contributed by atoms with Crippen molar-refractivity contribution in [3.8, 4) is 17.0 Å². The maximum Gasteiger partial charge on any atom is 0.130 e. The number of rotatable bonds is 4. The summed E-state index contributed by atoms with van der Waals surface area (Å²) < 4.78 is 5.72. The average molecular weight is 276 g/mol. The molecule has 21 heavy (non-hydrogen) atoms. The molecule has 0 bridgehead atoms. The first-order chi connectivity index (χ1) is 10.3. The van der Waals surface area contributed by atoms with E-state index in [1.54, 1.807) is 6.07 Å². The van der Waals surface area contributed by atoms with E-state index in [2.05, 4.69) is 4.98 Å². The molecule has 3 aromatic rings. The van der Waals surface area contributed by atoms with Crippen molar-refractivity contribution in [2.45, 2.75) is 6.61 Å². The van der Waals surface area contributed by atoms with E-state index >= 15 is 0 Å². The minimum atomic E-state index is 0.421. The van der Waals surface area contributed by atoms with Gasteiger partial charge in [-0.3, -0.25) is 0 Å². The van der Waals surface area contributed by atoms with Crippen LogP contribution < -0.4 is 10.5 Å². The van der Waals surface area contributed by atoms with Crippen LogP contribution in [0.25, 0.3) is 11.3 Å². The number of hydrogen-bond acceptors (Lipinski definition) is 3. The van der Waals surface area contributed by atoms with Gasteiger partial charge in [0.25, 0.3) is 0 Å². The van der Waals surface area contributed by atoms with E-state index in [0.29, 0.717) is 12.3 Å². The van der Waals surface area contributed by atoms with Crippen LogP contribution in [0.2, 0.25) is 0 Å². The minimum absolute atomic E-state index is 0.421. The quantitative estimate of drug-likeness (QED) is 0.735. The molecule has 0 amide bonds. The normalized spacial score (nSPS) is 10.3. The van der Waals surface area contributed by atoms with Crippen LogP contribution in [0, 0.1) is 0 Å². The number of hydrogen-bond donors (Lipinski definition) is 1. The first kappa shape index (κ1) is 13.2. The van der Waals surface area contributed by atoms with E-state index < -0.39 is 0 Å². The van der Waals surface area contributed by atoms with Gasteiger partial charge in [-0.15, -0.1) is 0 Å². The fourth-order valence-corrected chi connectivity index (χ4v) is 2.09. The summed E-state index contributed by atoms with van der Waals surface area (Å²) in [5.74, 6) is 0.752. The maximum absolute atomic E-state index is 5.73. The molecule has 0 saturated carbocycles. The van der Waals surface area contributed by atoms with Crippen LogP contribution in [-0.4, -0.2) is 4.98 Å². The lowest BCUT2D eigenvalue weighted by Crippen LogP contribution is -1.99. The molecule has 0 radical (unpaired) electrons. The number of benzene rings is 2. The van der Waals surface area contributed by atoms with Crippen molar-refractivity contribution in [2.75, 3.05) is 5.73 Å². The van der Waals surface area contributed by atoms with Gasteiger partial charge in [-0.25, -0.2) is 4.98 Å². The van der Waals surface area contributed by atoms with Gasteiger partial charge in [-0.1, -0.05) is 42.5 Å². The Hall–Kier alpha value is -2.81. The molecular weight excluding hydrogens is 260 g/mol. The summed E-state index contributed by atoms with van der Waals surface area (Å²) in [6.45, 7) is 0.421. The maximum atomic E-state index is 5.73. The third-order valence-electron chi connectivity index (χ3n) is 3.12. The third-order valence-corrected chi connectivity index (χ3v) is 3.12. The van der Waals surface area contributed by atoms with Gasteiger partial charge in [-0.2, -0.15) is 0 Å².